The van der Waals surface area contributed by atoms with Gasteiger partial charge < -0.3 is 4.74 Å². The quantitative estimate of drug-likeness (QED) is 0.810. The van der Waals surface area contributed by atoms with Crippen LogP contribution >= 0.6 is 0 Å². The molecule has 2 heteroatoms. The second-order valence-corrected chi connectivity index (χ2v) is 6.34. The monoisotopic (exact) mass is 247 g/mol. The fourth-order valence-electron chi connectivity index (χ4n) is 2.60. The molecule has 18 heavy (non-hydrogen) atoms. The van der Waals surface area contributed by atoms with Crippen molar-refractivity contribution in [2.24, 2.45) is 5.41 Å². The normalized spacial score (nSPS) is 19.7. The van der Waals surface area contributed by atoms with Crippen molar-refractivity contribution in [3.8, 4) is 0 Å². The van der Waals surface area contributed by atoms with Gasteiger partial charge in [0.05, 0.1) is 13.2 Å². The minimum absolute atomic E-state index is 0.346. The standard InChI is InChI=1S/C16H25NO/c1-16(2,3)13-15(14-7-5-4-6-8-14)17-9-11-18-12-10-17/h4-8,15H,9-13H2,1-3H3. The van der Waals surface area contributed by atoms with Gasteiger partial charge in [-0.3, -0.25) is 4.90 Å². The molecule has 0 spiro atoms. The van der Waals surface area contributed by atoms with E-state index in [-0.39, 0.29) is 0 Å². The minimum atomic E-state index is 0.346. The van der Waals surface area contributed by atoms with Crippen molar-refractivity contribution in [3.63, 3.8) is 0 Å². The molecule has 1 aliphatic heterocycles. The highest BCUT2D eigenvalue weighted by molar-refractivity contribution is 5.19. The molecule has 2 nitrogen and oxygen atoms in total. The Hall–Kier alpha value is -0.860. The number of benzene rings is 1. The van der Waals surface area contributed by atoms with Crippen LogP contribution in [0.2, 0.25) is 0 Å². The van der Waals surface area contributed by atoms with Gasteiger partial charge in [-0.25, -0.2) is 0 Å². The van der Waals surface area contributed by atoms with Gasteiger partial charge in [-0.05, 0) is 17.4 Å². The van der Waals surface area contributed by atoms with E-state index >= 15 is 0 Å². The molecule has 1 atom stereocenters. The fraction of sp³-hybridized carbons (Fsp3) is 0.625. The lowest BCUT2D eigenvalue weighted by atomic mass is 9.84. The fourth-order valence-corrected chi connectivity index (χ4v) is 2.60. The average molecular weight is 247 g/mol. The Balaban J connectivity index is 2.17. The Bertz CT molecular complexity index is 349. The van der Waals surface area contributed by atoms with Gasteiger partial charge in [-0.2, -0.15) is 0 Å². The first kappa shape index (κ1) is 13.6. The van der Waals surface area contributed by atoms with Crippen LogP contribution in [-0.2, 0) is 4.74 Å². The topological polar surface area (TPSA) is 12.5 Å². The second kappa shape index (κ2) is 5.85. The number of nitrogens with zero attached hydrogens (tertiary/aromatic N) is 1. The maximum absolute atomic E-state index is 5.47. The number of hydrogen-bond donors (Lipinski definition) is 0. The van der Waals surface area contributed by atoms with E-state index in [0.717, 1.165) is 26.3 Å². The van der Waals surface area contributed by atoms with Crippen LogP contribution in [0.25, 0.3) is 0 Å². The van der Waals surface area contributed by atoms with Gasteiger partial charge in [0.15, 0.2) is 0 Å². The van der Waals surface area contributed by atoms with Crippen LogP contribution in [0.3, 0.4) is 0 Å². The summed E-state index contributed by atoms with van der Waals surface area (Å²) in [5.41, 5.74) is 1.79. The summed E-state index contributed by atoms with van der Waals surface area (Å²) >= 11 is 0. The SMILES string of the molecule is CC(C)(C)CC(c1ccccc1)N1CCOCC1. The molecule has 0 aromatic heterocycles. The first-order valence-corrected chi connectivity index (χ1v) is 6.93. The summed E-state index contributed by atoms with van der Waals surface area (Å²) in [6, 6.07) is 11.4. The highest BCUT2D eigenvalue weighted by Gasteiger charge is 2.26. The van der Waals surface area contributed by atoms with Crippen molar-refractivity contribution in [3.05, 3.63) is 35.9 Å². The minimum Gasteiger partial charge on any atom is -0.379 e. The van der Waals surface area contributed by atoms with Gasteiger partial charge >= 0.3 is 0 Å². The summed E-state index contributed by atoms with van der Waals surface area (Å²) in [6.45, 7) is 10.8. The summed E-state index contributed by atoms with van der Waals surface area (Å²) in [5.74, 6) is 0. The molecule has 1 fully saturated rings. The lowest BCUT2D eigenvalue weighted by molar-refractivity contribution is 0.00709. The number of morpholine rings is 1. The smallest absolute Gasteiger partial charge is 0.0594 e. The largest absolute Gasteiger partial charge is 0.379 e. The van der Waals surface area contributed by atoms with E-state index in [1.165, 1.54) is 12.0 Å². The summed E-state index contributed by atoms with van der Waals surface area (Å²) in [5, 5.41) is 0. The molecule has 0 bridgehead atoms. The van der Waals surface area contributed by atoms with Crippen molar-refractivity contribution in [2.75, 3.05) is 26.3 Å². The van der Waals surface area contributed by atoms with E-state index in [1.807, 2.05) is 0 Å². The van der Waals surface area contributed by atoms with Crippen LogP contribution in [0.15, 0.2) is 30.3 Å². The molecule has 0 aliphatic carbocycles. The van der Waals surface area contributed by atoms with Crippen LogP contribution in [0, 0.1) is 5.41 Å². The van der Waals surface area contributed by atoms with E-state index in [9.17, 15) is 0 Å². The molecule has 0 radical (unpaired) electrons. The molecule has 100 valence electrons. The maximum Gasteiger partial charge on any atom is 0.0594 e. The molecule has 0 saturated carbocycles. The molecule has 1 saturated heterocycles. The summed E-state index contributed by atoms with van der Waals surface area (Å²) < 4.78 is 5.47. The maximum atomic E-state index is 5.47. The zero-order valence-corrected chi connectivity index (χ0v) is 11.9. The number of ether oxygens (including phenoxy) is 1. The van der Waals surface area contributed by atoms with E-state index in [1.54, 1.807) is 0 Å². The third kappa shape index (κ3) is 3.82. The van der Waals surface area contributed by atoms with Gasteiger partial charge in [0.25, 0.3) is 0 Å². The zero-order chi connectivity index (χ0) is 13.0. The molecule has 0 N–H and O–H groups in total. The summed E-state index contributed by atoms with van der Waals surface area (Å²) in [7, 11) is 0. The molecule has 2 rings (SSSR count). The first-order valence-electron chi connectivity index (χ1n) is 6.93. The van der Waals surface area contributed by atoms with E-state index < -0.39 is 0 Å². The van der Waals surface area contributed by atoms with Crippen molar-refractivity contribution >= 4 is 0 Å². The van der Waals surface area contributed by atoms with Crippen LogP contribution in [-0.4, -0.2) is 31.2 Å². The molecular weight excluding hydrogens is 222 g/mol. The summed E-state index contributed by atoms with van der Waals surface area (Å²) in [4.78, 5) is 2.57. The first-order chi connectivity index (χ1) is 8.56. The average Bonchev–Trinajstić information content (AvgIpc) is 2.37. The van der Waals surface area contributed by atoms with Crippen molar-refractivity contribution < 1.29 is 4.74 Å². The van der Waals surface area contributed by atoms with E-state index in [2.05, 4.69) is 56.0 Å². The van der Waals surface area contributed by atoms with Crippen LogP contribution in [0.5, 0.6) is 0 Å². The molecule has 0 amide bonds. The third-order valence-corrected chi connectivity index (χ3v) is 3.48. The van der Waals surface area contributed by atoms with Gasteiger partial charge in [-0.1, -0.05) is 51.1 Å². The predicted molar refractivity (Wildman–Crippen MR) is 75.6 cm³/mol. The Labute approximate surface area is 111 Å². The number of hydrogen-bond acceptors (Lipinski definition) is 2. The molecule has 1 aromatic rings. The van der Waals surface area contributed by atoms with Crippen LogP contribution in [0.4, 0.5) is 0 Å². The van der Waals surface area contributed by atoms with Crippen molar-refractivity contribution in [1.29, 1.82) is 0 Å². The zero-order valence-electron chi connectivity index (χ0n) is 11.9. The van der Waals surface area contributed by atoms with E-state index in [0.29, 0.717) is 11.5 Å². The Morgan fingerprint density at radius 1 is 1.11 bits per heavy atom. The molecule has 1 aromatic carbocycles. The van der Waals surface area contributed by atoms with Gasteiger partial charge in [0.1, 0.15) is 0 Å². The van der Waals surface area contributed by atoms with Crippen LogP contribution < -0.4 is 0 Å². The lowest BCUT2D eigenvalue weighted by Gasteiger charge is -2.38. The Kier molecular flexibility index (Phi) is 4.41. The van der Waals surface area contributed by atoms with E-state index in [4.69, 9.17) is 4.74 Å². The summed E-state index contributed by atoms with van der Waals surface area (Å²) in [6.07, 6.45) is 1.19. The molecule has 1 heterocycles. The van der Waals surface area contributed by atoms with Gasteiger partial charge in [0, 0.05) is 19.1 Å². The third-order valence-electron chi connectivity index (χ3n) is 3.48. The molecule has 1 unspecified atom stereocenters. The van der Waals surface area contributed by atoms with Gasteiger partial charge in [0.2, 0.25) is 0 Å². The van der Waals surface area contributed by atoms with Crippen molar-refractivity contribution in [2.45, 2.75) is 33.2 Å². The molecule has 1 aliphatic rings. The second-order valence-electron chi connectivity index (χ2n) is 6.34. The van der Waals surface area contributed by atoms with Crippen molar-refractivity contribution in [1.82, 2.24) is 4.90 Å². The lowest BCUT2D eigenvalue weighted by Crippen LogP contribution is -2.40. The van der Waals surface area contributed by atoms with Gasteiger partial charge in [-0.15, -0.1) is 0 Å². The number of rotatable bonds is 3. The molecular formula is C16H25NO. The van der Waals surface area contributed by atoms with Crippen LogP contribution in [0.1, 0.15) is 38.8 Å². The highest BCUT2D eigenvalue weighted by atomic mass is 16.5. The Morgan fingerprint density at radius 3 is 2.28 bits per heavy atom. The Morgan fingerprint density at radius 2 is 1.72 bits per heavy atom. The predicted octanol–water partition coefficient (Wildman–Crippen LogP) is 3.50. The highest BCUT2D eigenvalue weighted by Crippen LogP contribution is 2.34.